The number of hydrogen-bond donors (Lipinski definition) is 1. The molecule has 0 saturated carbocycles. The fraction of sp³-hybridized carbons (Fsp3) is 0.625. The molecule has 0 aliphatic carbocycles. The summed E-state index contributed by atoms with van der Waals surface area (Å²) in [5.41, 5.74) is 8.45. The second-order valence-electron chi connectivity index (χ2n) is 6.06. The molecule has 106 valence electrons. The lowest BCUT2D eigenvalue weighted by molar-refractivity contribution is 0.311. The third-order valence-electron chi connectivity index (χ3n) is 4.32. The highest BCUT2D eigenvalue weighted by Crippen LogP contribution is 2.31. The van der Waals surface area contributed by atoms with E-state index in [2.05, 4.69) is 52.9 Å². The monoisotopic (exact) mass is 324 g/mol. The normalized spacial score (nSPS) is 18.9. The van der Waals surface area contributed by atoms with Crippen LogP contribution in [0.3, 0.4) is 0 Å². The molecule has 1 aliphatic heterocycles. The van der Waals surface area contributed by atoms with Gasteiger partial charge < -0.3 is 10.6 Å². The van der Waals surface area contributed by atoms with Crippen molar-refractivity contribution >= 4 is 21.6 Å². The Kier molecular flexibility index (Phi) is 4.91. The first kappa shape index (κ1) is 14.9. The number of nitrogens with zero attached hydrogens (tertiary/aromatic N) is 1. The molecular formula is C16H25BrN2. The summed E-state index contributed by atoms with van der Waals surface area (Å²) in [6, 6.07) is 6.65. The molecule has 3 heteroatoms. The van der Waals surface area contributed by atoms with Gasteiger partial charge in [0.25, 0.3) is 0 Å². The number of halogens is 1. The first-order chi connectivity index (χ1) is 8.99. The molecule has 2 nitrogen and oxygen atoms in total. The summed E-state index contributed by atoms with van der Waals surface area (Å²) < 4.78 is 1.13. The van der Waals surface area contributed by atoms with Gasteiger partial charge >= 0.3 is 0 Å². The Morgan fingerprint density at radius 1 is 1.21 bits per heavy atom. The van der Waals surface area contributed by atoms with Crippen LogP contribution < -0.4 is 10.6 Å². The Labute approximate surface area is 125 Å². The van der Waals surface area contributed by atoms with Gasteiger partial charge in [0.05, 0.1) is 0 Å². The van der Waals surface area contributed by atoms with Crippen LogP contribution in [-0.4, -0.2) is 13.1 Å². The number of nitrogens with two attached hydrogens (primary N) is 1. The standard InChI is InChI=1S/C16H25BrN2/c1-11(2)13-6-8-19(9-7-13)14-4-5-15(12(3)18)16(17)10-14/h4-5,10-13H,6-9,18H2,1-3H3. The Bertz CT molecular complexity index is 421. The summed E-state index contributed by atoms with van der Waals surface area (Å²) in [7, 11) is 0. The van der Waals surface area contributed by atoms with Crippen molar-refractivity contribution in [3.05, 3.63) is 28.2 Å². The molecule has 1 aromatic carbocycles. The van der Waals surface area contributed by atoms with Gasteiger partial charge in [-0.25, -0.2) is 0 Å². The predicted octanol–water partition coefficient (Wildman–Crippen LogP) is 4.34. The molecule has 0 spiro atoms. The number of hydrogen-bond acceptors (Lipinski definition) is 2. The SMILES string of the molecule is CC(N)c1ccc(N2CCC(C(C)C)CC2)cc1Br. The van der Waals surface area contributed by atoms with Crippen molar-refractivity contribution in [2.75, 3.05) is 18.0 Å². The molecule has 1 fully saturated rings. The summed E-state index contributed by atoms with van der Waals surface area (Å²) in [6.45, 7) is 9.05. The van der Waals surface area contributed by atoms with Crippen LogP contribution in [-0.2, 0) is 0 Å². The van der Waals surface area contributed by atoms with Gasteiger partial charge in [0, 0.05) is 29.3 Å². The van der Waals surface area contributed by atoms with Gasteiger partial charge in [-0.15, -0.1) is 0 Å². The molecule has 0 radical (unpaired) electrons. The molecule has 0 bridgehead atoms. The molecule has 0 aromatic heterocycles. The maximum atomic E-state index is 5.95. The lowest BCUT2D eigenvalue weighted by Gasteiger charge is -2.35. The second kappa shape index (κ2) is 6.27. The summed E-state index contributed by atoms with van der Waals surface area (Å²) in [6.07, 6.45) is 2.62. The van der Waals surface area contributed by atoms with E-state index in [-0.39, 0.29) is 6.04 Å². The zero-order chi connectivity index (χ0) is 14.0. The number of rotatable bonds is 3. The molecule has 19 heavy (non-hydrogen) atoms. The lowest BCUT2D eigenvalue weighted by Crippen LogP contribution is -2.35. The van der Waals surface area contributed by atoms with Crippen molar-refractivity contribution in [3.63, 3.8) is 0 Å². The predicted molar refractivity (Wildman–Crippen MR) is 86.5 cm³/mol. The van der Waals surface area contributed by atoms with Gasteiger partial charge in [0.2, 0.25) is 0 Å². The molecule has 0 amide bonds. The van der Waals surface area contributed by atoms with E-state index in [9.17, 15) is 0 Å². The Morgan fingerprint density at radius 2 is 1.84 bits per heavy atom. The number of anilines is 1. The zero-order valence-electron chi connectivity index (χ0n) is 12.2. The molecule has 1 atom stereocenters. The highest BCUT2D eigenvalue weighted by Gasteiger charge is 2.22. The molecule has 1 unspecified atom stereocenters. The topological polar surface area (TPSA) is 29.3 Å². The van der Waals surface area contributed by atoms with E-state index in [1.165, 1.54) is 37.2 Å². The van der Waals surface area contributed by atoms with Gasteiger partial charge in [0.1, 0.15) is 0 Å². The van der Waals surface area contributed by atoms with Crippen LogP contribution in [0.4, 0.5) is 5.69 Å². The van der Waals surface area contributed by atoms with Crippen LogP contribution in [0.15, 0.2) is 22.7 Å². The largest absolute Gasteiger partial charge is 0.371 e. The van der Waals surface area contributed by atoms with Crippen LogP contribution in [0.25, 0.3) is 0 Å². The summed E-state index contributed by atoms with van der Waals surface area (Å²) in [5.74, 6) is 1.71. The van der Waals surface area contributed by atoms with Crippen LogP contribution in [0, 0.1) is 11.8 Å². The van der Waals surface area contributed by atoms with Crippen molar-refractivity contribution in [1.82, 2.24) is 0 Å². The highest BCUT2D eigenvalue weighted by atomic mass is 79.9. The first-order valence-electron chi connectivity index (χ1n) is 7.29. The molecule has 1 heterocycles. The van der Waals surface area contributed by atoms with E-state index in [4.69, 9.17) is 5.73 Å². The first-order valence-corrected chi connectivity index (χ1v) is 8.08. The van der Waals surface area contributed by atoms with Crippen LogP contribution in [0.5, 0.6) is 0 Å². The van der Waals surface area contributed by atoms with Crippen molar-refractivity contribution in [2.45, 2.75) is 39.7 Å². The minimum Gasteiger partial charge on any atom is -0.371 e. The Balaban J connectivity index is 2.06. The van der Waals surface area contributed by atoms with Gasteiger partial charge in [-0.3, -0.25) is 0 Å². The lowest BCUT2D eigenvalue weighted by atomic mass is 9.86. The molecule has 1 aliphatic rings. The van der Waals surface area contributed by atoms with Gasteiger partial charge in [-0.1, -0.05) is 35.8 Å². The van der Waals surface area contributed by atoms with Gasteiger partial charge in [-0.2, -0.15) is 0 Å². The molecule has 2 N–H and O–H groups in total. The molecule has 2 rings (SSSR count). The molecule has 1 aromatic rings. The average Bonchev–Trinajstić information content (AvgIpc) is 2.38. The van der Waals surface area contributed by atoms with Crippen LogP contribution in [0.2, 0.25) is 0 Å². The molecule has 1 saturated heterocycles. The fourth-order valence-electron chi connectivity index (χ4n) is 2.91. The van der Waals surface area contributed by atoms with E-state index in [0.29, 0.717) is 0 Å². The van der Waals surface area contributed by atoms with E-state index < -0.39 is 0 Å². The van der Waals surface area contributed by atoms with Gasteiger partial charge in [-0.05, 0) is 49.3 Å². The van der Waals surface area contributed by atoms with E-state index in [1.54, 1.807) is 0 Å². The number of piperidine rings is 1. The minimum atomic E-state index is 0.0788. The zero-order valence-corrected chi connectivity index (χ0v) is 13.8. The quantitative estimate of drug-likeness (QED) is 0.896. The fourth-order valence-corrected chi connectivity index (χ4v) is 3.63. The third kappa shape index (κ3) is 3.51. The Hall–Kier alpha value is -0.540. The van der Waals surface area contributed by atoms with Crippen molar-refractivity contribution in [1.29, 1.82) is 0 Å². The maximum Gasteiger partial charge on any atom is 0.0377 e. The number of benzene rings is 1. The van der Waals surface area contributed by atoms with E-state index in [1.807, 2.05) is 6.92 Å². The third-order valence-corrected chi connectivity index (χ3v) is 5.01. The van der Waals surface area contributed by atoms with Gasteiger partial charge in [0.15, 0.2) is 0 Å². The summed E-state index contributed by atoms with van der Waals surface area (Å²) in [4.78, 5) is 2.49. The smallest absolute Gasteiger partial charge is 0.0377 e. The van der Waals surface area contributed by atoms with E-state index in [0.717, 1.165) is 16.3 Å². The van der Waals surface area contributed by atoms with Crippen molar-refractivity contribution in [2.24, 2.45) is 17.6 Å². The molecular weight excluding hydrogens is 300 g/mol. The van der Waals surface area contributed by atoms with Crippen molar-refractivity contribution in [3.8, 4) is 0 Å². The minimum absolute atomic E-state index is 0.0788. The maximum absolute atomic E-state index is 5.95. The van der Waals surface area contributed by atoms with Crippen LogP contribution >= 0.6 is 15.9 Å². The average molecular weight is 325 g/mol. The Morgan fingerprint density at radius 3 is 2.32 bits per heavy atom. The second-order valence-corrected chi connectivity index (χ2v) is 6.92. The van der Waals surface area contributed by atoms with E-state index >= 15 is 0 Å². The van der Waals surface area contributed by atoms with Crippen molar-refractivity contribution < 1.29 is 0 Å². The van der Waals surface area contributed by atoms with Crippen LogP contribution in [0.1, 0.15) is 45.2 Å². The summed E-state index contributed by atoms with van der Waals surface area (Å²) in [5, 5.41) is 0. The summed E-state index contributed by atoms with van der Waals surface area (Å²) >= 11 is 3.64. The highest BCUT2D eigenvalue weighted by molar-refractivity contribution is 9.10.